The van der Waals surface area contributed by atoms with E-state index in [0.717, 1.165) is 5.56 Å². The fourth-order valence-electron chi connectivity index (χ4n) is 6.94. The highest BCUT2D eigenvalue weighted by Gasteiger charge is 2.78. The van der Waals surface area contributed by atoms with Gasteiger partial charge in [-0.2, -0.15) is 0 Å². The van der Waals surface area contributed by atoms with E-state index in [9.17, 15) is 19.5 Å². The van der Waals surface area contributed by atoms with Crippen molar-refractivity contribution in [1.29, 1.82) is 0 Å². The van der Waals surface area contributed by atoms with Crippen molar-refractivity contribution in [3.05, 3.63) is 23.7 Å². The van der Waals surface area contributed by atoms with Gasteiger partial charge >= 0.3 is 11.9 Å². The minimum atomic E-state index is -1.67. The summed E-state index contributed by atoms with van der Waals surface area (Å²) in [5.74, 6) is -1.68. The Morgan fingerprint density at radius 3 is 2.69 bits per heavy atom. The van der Waals surface area contributed by atoms with E-state index in [-0.39, 0.29) is 17.6 Å². The van der Waals surface area contributed by atoms with Gasteiger partial charge in [0.05, 0.1) is 17.6 Å². The summed E-state index contributed by atoms with van der Waals surface area (Å²) in [5.41, 5.74) is -2.83. The Kier molecular flexibility index (Phi) is 3.58. The lowest BCUT2D eigenvalue weighted by Crippen LogP contribution is -2.78. The van der Waals surface area contributed by atoms with Gasteiger partial charge in [-0.25, -0.2) is 0 Å². The third kappa shape index (κ3) is 2.00. The number of rotatable bonds is 1. The Morgan fingerprint density at radius 2 is 2.00 bits per heavy atom. The van der Waals surface area contributed by atoms with Crippen molar-refractivity contribution >= 4 is 17.7 Å². The minimum absolute atomic E-state index is 0.0620. The molecule has 1 aromatic heterocycles. The molecule has 0 spiro atoms. The summed E-state index contributed by atoms with van der Waals surface area (Å²) in [5, 5.41) is 12.3. The smallest absolute Gasteiger partial charge is 0.314 e. The number of hydrogen-bond acceptors (Lipinski definition) is 7. The van der Waals surface area contributed by atoms with Crippen LogP contribution in [0.4, 0.5) is 0 Å². The van der Waals surface area contributed by atoms with Gasteiger partial charge in [0, 0.05) is 31.2 Å². The van der Waals surface area contributed by atoms with Crippen molar-refractivity contribution in [3.63, 3.8) is 0 Å². The minimum Gasteiger partial charge on any atom is -0.469 e. The van der Waals surface area contributed by atoms with Crippen LogP contribution in [-0.4, -0.2) is 40.6 Å². The molecule has 7 heteroatoms. The van der Waals surface area contributed by atoms with E-state index in [1.54, 1.807) is 19.3 Å². The monoisotopic (exact) mass is 402 g/mol. The zero-order valence-electron chi connectivity index (χ0n) is 17.1. The van der Waals surface area contributed by atoms with Crippen molar-refractivity contribution in [1.82, 2.24) is 0 Å². The molecule has 0 bridgehead atoms. The maximum atomic E-state index is 13.4. The summed E-state index contributed by atoms with van der Waals surface area (Å²) in [6.07, 6.45) is 0.873. The quantitative estimate of drug-likeness (QED) is 0.718. The van der Waals surface area contributed by atoms with Crippen LogP contribution >= 0.6 is 0 Å². The summed E-state index contributed by atoms with van der Waals surface area (Å²) >= 11 is 0. The van der Waals surface area contributed by atoms with Gasteiger partial charge in [-0.15, -0.1) is 0 Å². The molecule has 0 amide bonds. The van der Waals surface area contributed by atoms with Crippen molar-refractivity contribution in [3.8, 4) is 0 Å². The van der Waals surface area contributed by atoms with E-state index >= 15 is 0 Å². The number of aliphatic hydroxyl groups is 1. The summed E-state index contributed by atoms with van der Waals surface area (Å²) in [6.45, 7) is 6.84. The van der Waals surface area contributed by atoms with Crippen LogP contribution in [0.25, 0.3) is 0 Å². The van der Waals surface area contributed by atoms with E-state index in [1.165, 1.54) is 6.92 Å². The lowest BCUT2D eigenvalue weighted by molar-refractivity contribution is -0.293. The van der Waals surface area contributed by atoms with Crippen molar-refractivity contribution in [2.45, 2.75) is 70.7 Å². The second-order valence-corrected chi connectivity index (χ2v) is 9.87. The standard InChI is InChI=1S/C22H26O7/c1-10(23)28-18-17-16-12(9-13-11(6-8-27-13)15(16)19(25)29-17)21(4)14(24)5-7-20(2,3)22(18,21)26/h6,8,12,15-18,26H,5,7,9H2,1-4H3/t12-,15+,16+,17+,18-,21-,22+/m0/s1. The first-order valence-electron chi connectivity index (χ1n) is 10.2. The lowest BCUT2D eigenvalue weighted by Gasteiger charge is -2.66. The Labute approximate surface area is 168 Å². The molecule has 1 aliphatic heterocycles. The molecule has 156 valence electrons. The average Bonchev–Trinajstić information content (AvgIpc) is 3.24. The molecule has 29 heavy (non-hydrogen) atoms. The molecule has 1 N–H and O–H groups in total. The molecule has 1 aromatic rings. The van der Waals surface area contributed by atoms with Gasteiger partial charge in [0.15, 0.2) is 6.10 Å². The normalized spacial score (nSPS) is 44.4. The summed E-state index contributed by atoms with van der Waals surface area (Å²) in [6, 6.07) is 1.77. The lowest BCUT2D eigenvalue weighted by atomic mass is 9.40. The van der Waals surface area contributed by atoms with Crippen LogP contribution in [0.1, 0.15) is 57.8 Å². The van der Waals surface area contributed by atoms with Gasteiger partial charge in [-0.3, -0.25) is 14.4 Å². The number of esters is 2. The van der Waals surface area contributed by atoms with Crippen molar-refractivity contribution in [2.24, 2.45) is 22.7 Å². The second kappa shape index (κ2) is 5.50. The van der Waals surface area contributed by atoms with Crippen LogP contribution in [0.2, 0.25) is 0 Å². The Bertz CT molecular complexity index is 929. The van der Waals surface area contributed by atoms with Gasteiger partial charge in [0.1, 0.15) is 23.2 Å². The van der Waals surface area contributed by atoms with Crippen LogP contribution < -0.4 is 0 Å². The number of ether oxygens (including phenoxy) is 2. The summed E-state index contributed by atoms with van der Waals surface area (Å²) < 4.78 is 17.1. The molecule has 3 aliphatic carbocycles. The molecular weight excluding hydrogens is 376 g/mol. The molecule has 0 aromatic carbocycles. The van der Waals surface area contributed by atoms with Crippen LogP contribution in [0, 0.1) is 22.7 Å². The van der Waals surface area contributed by atoms with Crippen LogP contribution in [0.3, 0.4) is 0 Å². The first kappa shape index (κ1) is 18.9. The molecule has 7 atom stereocenters. The summed E-state index contributed by atoms with van der Waals surface area (Å²) in [4.78, 5) is 38.4. The van der Waals surface area contributed by atoms with Gasteiger partial charge in [-0.1, -0.05) is 13.8 Å². The highest BCUT2D eigenvalue weighted by atomic mass is 16.6. The predicted octanol–water partition coefficient (Wildman–Crippen LogP) is 2.15. The molecule has 0 radical (unpaired) electrons. The van der Waals surface area contributed by atoms with E-state index in [4.69, 9.17) is 13.9 Å². The first-order valence-corrected chi connectivity index (χ1v) is 10.2. The molecular formula is C22H26O7. The number of Topliss-reactive ketones (excluding diaryl/α,β-unsaturated/α-hetero) is 1. The highest BCUT2D eigenvalue weighted by Crippen LogP contribution is 2.68. The molecule has 0 unspecified atom stereocenters. The number of carbonyl (C=O) groups excluding carboxylic acids is 3. The van der Waals surface area contributed by atoms with Crippen molar-refractivity contribution < 1.29 is 33.4 Å². The van der Waals surface area contributed by atoms with Crippen molar-refractivity contribution in [2.75, 3.05) is 0 Å². The SMILES string of the molecule is CC(=O)O[C@H]1[C@@H]2OC(=O)[C@@H]3c4ccoc4C[C@@H]([C@@H]23)[C@@]2(C)C(=O)CCC(C)(C)[C@]12O. The Morgan fingerprint density at radius 1 is 1.28 bits per heavy atom. The molecule has 1 saturated heterocycles. The van der Waals surface area contributed by atoms with E-state index in [0.29, 0.717) is 25.0 Å². The molecule has 4 aliphatic rings. The predicted molar refractivity (Wildman–Crippen MR) is 98.6 cm³/mol. The summed E-state index contributed by atoms with van der Waals surface area (Å²) in [7, 11) is 0. The Balaban J connectivity index is 1.78. The third-order valence-corrected chi connectivity index (χ3v) is 8.38. The number of furan rings is 1. The van der Waals surface area contributed by atoms with Crippen LogP contribution in [0.15, 0.2) is 16.7 Å². The maximum absolute atomic E-state index is 13.4. The number of fused-ring (bicyclic) bond motifs is 4. The van der Waals surface area contributed by atoms with E-state index < -0.39 is 46.5 Å². The zero-order valence-corrected chi connectivity index (χ0v) is 17.1. The molecule has 2 heterocycles. The second-order valence-electron chi connectivity index (χ2n) is 9.87. The average molecular weight is 402 g/mol. The number of ketones is 1. The van der Waals surface area contributed by atoms with E-state index in [1.807, 2.05) is 13.8 Å². The molecule has 7 nitrogen and oxygen atoms in total. The Hall–Kier alpha value is -2.15. The van der Waals surface area contributed by atoms with Crippen LogP contribution in [-0.2, 0) is 30.3 Å². The fourth-order valence-corrected chi connectivity index (χ4v) is 6.94. The third-order valence-electron chi connectivity index (χ3n) is 8.38. The van der Waals surface area contributed by atoms with Gasteiger partial charge in [0.2, 0.25) is 0 Å². The molecule has 3 fully saturated rings. The van der Waals surface area contributed by atoms with Gasteiger partial charge in [-0.05, 0) is 30.7 Å². The van der Waals surface area contributed by atoms with Gasteiger partial charge in [0.25, 0.3) is 0 Å². The topological polar surface area (TPSA) is 103 Å². The number of hydrogen-bond donors (Lipinski definition) is 1. The maximum Gasteiger partial charge on any atom is 0.314 e. The first-order chi connectivity index (χ1) is 13.5. The fraction of sp³-hybridized carbons (Fsp3) is 0.682. The largest absolute Gasteiger partial charge is 0.469 e. The van der Waals surface area contributed by atoms with Crippen LogP contribution in [0.5, 0.6) is 0 Å². The number of carbonyl (C=O) groups is 3. The molecule has 5 rings (SSSR count). The highest BCUT2D eigenvalue weighted by molar-refractivity contribution is 5.90. The molecule has 2 saturated carbocycles. The zero-order chi connectivity index (χ0) is 20.9. The van der Waals surface area contributed by atoms with Gasteiger partial charge < -0.3 is 19.0 Å². The van der Waals surface area contributed by atoms with E-state index in [2.05, 4.69) is 0 Å².